The van der Waals surface area contributed by atoms with Crippen molar-refractivity contribution in [3.63, 3.8) is 0 Å². The number of hydrogen-bond acceptors (Lipinski definition) is 4. The van der Waals surface area contributed by atoms with Crippen molar-refractivity contribution in [3.05, 3.63) is 48.1 Å². The minimum Gasteiger partial charge on any atom is -0.550 e. The van der Waals surface area contributed by atoms with Crippen LogP contribution in [0.25, 0.3) is 0 Å². The normalized spacial score (nSPS) is 44.0. The summed E-state index contributed by atoms with van der Waals surface area (Å²) >= 11 is 0. The number of aliphatic hydroxyl groups is 1. The maximum absolute atomic E-state index is 11.8. The van der Waals surface area contributed by atoms with Crippen molar-refractivity contribution in [1.29, 1.82) is 0 Å². The Morgan fingerprint density at radius 2 is 2.00 bits per heavy atom. The second-order valence-corrected chi connectivity index (χ2v) is 8.77. The van der Waals surface area contributed by atoms with Gasteiger partial charge in [-0.1, -0.05) is 44.2 Å². The molecule has 0 radical (unpaired) electrons. The van der Waals surface area contributed by atoms with E-state index in [1.165, 1.54) is 0 Å². The van der Waals surface area contributed by atoms with Gasteiger partial charge >= 0.3 is 51.4 Å². The van der Waals surface area contributed by atoms with E-state index in [4.69, 9.17) is 0 Å². The number of carbonyl (C=O) groups is 2. The Hall–Kier alpha value is -0.304. The molecule has 6 atom stereocenters. The molecule has 0 heterocycles. The minimum atomic E-state index is -1.11. The summed E-state index contributed by atoms with van der Waals surface area (Å²) in [5.74, 6) is -0.320. The van der Waals surface area contributed by atoms with Crippen LogP contribution in [-0.2, 0) is 9.59 Å². The summed E-state index contributed by atoms with van der Waals surface area (Å²) < 4.78 is 0. The molecule has 0 amide bonds. The Morgan fingerprint density at radius 3 is 2.70 bits per heavy atom. The molecule has 1 fully saturated rings. The molecule has 0 aromatic carbocycles. The fourth-order valence-corrected chi connectivity index (χ4v) is 5.87. The Kier molecular flexibility index (Phi) is 5.70. The standard InChI is InChI=1S/C22H26O4.K/c1-20-9-5-15(23)13-14(20)3-4-16-17(20)6-10-21(2)18(16)7-11-22(21,26)12-8-19(24)25;/h3-6,9-10,13,16-18,26H,7-8,11-12H2,1-2H3,(H,24,25);/q;+1/p-1/t16-,17+,18+,20+,21+,22-;/m1./s1. The third-order valence-electron chi connectivity index (χ3n) is 7.62. The third kappa shape index (κ3) is 3.15. The van der Waals surface area contributed by atoms with Crippen molar-refractivity contribution in [1.82, 2.24) is 0 Å². The van der Waals surface area contributed by atoms with Crippen molar-refractivity contribution in [2.24, 2.45) is 28.6 Å². The zero-order valence-corrected chi connectivity index (χ0v) is 19.4. The molecule has 4 rings (SSSR count). The molecule has 138 valence electrons. The predicted octanol–water partition coefficient (Wildman–Crippen LogP) is -0.888. The number of allylic oxidation sites excluding steroid dienone is 7. The van der Waals surface area contributed by atoms with E-state index in [-0.39, 0.29) is 93.2 Å². The second kappa shape index (κ2) is 7.19. The number of carboxylic acids is 1. The van der Waals surface area contributed by atoms with Crippen LogP contribution < -0.4 is 56.5 Å². The van der Waals surface area contributed by atoms with Crippen molar-refractivity contribution in [3.8, 4) is 0 Å². The Labute approximate surface area is 202 Å². The van der Waals surface area contributed by atoms with Crippen LogP contribution >= 0.6 is 0 Å². The average molecular weight is 393 g/mol. The fourth-order valence-electron chi connectivity index (χ4n) is 5.87. The van der Waals surface area contributed by atoms with E-state index in [1.807, 2.05) is 6.08 Å². The third-order valence-corrected chi connectivity index (χ3v) is 7.62. The van der Waals surface area contributed by atoms with Gasteiger partial charge in [-0.3, -0.25) is 4.79 Å². The maximum Gasteiger partial charge on any atom is 1.00 e. The first-order valence-electron chi connectivity index (χ1n) is 9.45. The van der Waals surface area contributed by atoms with Gasteiger partial charge in [0.25, 0.3) is 0 Å². The molecule has 0 unspecified atom stereocenters. The smallest absolute Gasteiger partial charge is 0.550 e. The van der Waals surface area contributed by atoms with E-state index in [0.29, 0.717) is 6.42 Å². The summed E-state index contributed by atoms with van der Waals surface area (Å²) in [6.07, 6.45) is 15.6. The van der Waals surface area contributed by atoms with Gasteiger partial charge < -0.3 is 15.0 Å². The van der Waals surface area contributed by atoms with Crippen LogP contribution in [0.2, 0.25) is 0 Å². The summed E-state index contributed by atoms with van der Waals surface area (Å²) in [7, 11) is 0. The number of ketones is 1. The maximum atomic E-state index is 11.8. The van der Waals surface area contributed by atoms with Crippen LogP contribution in [0.5, 0.6) is 0 Å². The van der Waals surface area contributed by atoms with E-state index in [0.717, 1.165) is 12.0 Å². The molecule has 27 heavy (non-hydrogen) atoms. The summed E-state index contributed by atoms with van der Waals surface area (Å²) in [5.41, 5.74) is -0.622. The first-order valence-corrected chi connectivity index (χ1v) is 9.45. The molecule has 4 aliphatic rings. The van der Waals surface area contributed by atoms with Crippen LogP contribution in [0.3, 0.4) is 0 Å². The minimum absolute atomic E-state index is 0. The van der Waals surface area contributed by atoms with Gasteiger partial charge in [-0.2, -0.15) is 0 Å². The van der Waals surface area contributed by atoms with E-state index in [1.54, 1.807) is 12.2 Å². The number of carboxylic acid groups (broad SMARTS) is 1. The van der Waals surface area contributed by atoms with Crippen LogP contribution in [0, 0.1) is 28.6 Å². The van der Waals surface area contributed by atoms with E-state index >= 15 is 0 Å². The largest absolute Gasteiger partial charge is 1.00 e. The molecule has 0 spiro atoms. The topological polar surface area (TPSA) is 77.4 Å². The van der Waals surface area contributed by atoms with Gasteiger partial charge in [0.1, 0.15) is 0 Å². The average Bonchev–Trinajstić information content (AvgIpc) is 2.86. The number of carbonyl (C=O) groups excluding carboxylic acids is 2. The summed E-state index contributed by atoms with van der Waals surface area (Å²) in [6.45, 7) is 4.24. The van der Waals surface area contributed by atoms with Crippen molar-refractivity contribution < 1.29 is 71.2 Å². The molecule has 4 aliphatic carbocycles. The summed E-state index contributed by atoms with van der Waals surface area (Å²) in [4.78, 5) is 22.7. The molecule has 0 aromatic rings. The van der Waals surface area contributed by atoms with Crippen LogP contribution in [-0.4, -0.2) is 22.5 Å². The Morgan fingerprint density at radius 1 is 1.26 bits per heavy atom. The van der Waals surface area contributed by atoms with Gasteiger partial charge in [-0.25, -0.2) is 0 Å². The second-order valence-electron chi connectivity index (χ2n) is 8.77. The van der Waals surface area contributed by atoms with Gasteiger partial charge in [0.05, 0.1) is 5.60 Å². The SMILES string of the molecule is C[C@]12C=CC(=O)C=C1C=C[C@@H]1[C@@H]2C=C[C@@]2(C)[C@H]1CC[C@@]2(O)CCC(=O)[O-].[K+]. The van der Waals surface area contributed by atoms with Crippen LogP contribution in [0.1, 0.15) is 39.5 Å². The molecule has 0 saturated heterocycles. The Balaban J connectivity index is 0.00000210. The molecule has 0 aromatic heterocycles. The number of aliphatic carboxylic acids is 1. The van der Waals surface area contributed by atoms with E-state index in [2.05, 4.69) is 38.2 Å². The van der Waals surface area contributed by atoms with Gasteiger partial charge in [0, 0.05) is 16.8 Å². The first-order chi connectivity index (χ1) is 12.2. The van der Waals surface area contributed by atoms with Crippen LogP contribution in [0.4, 0.5) is 0 Å². The zero-order valence-electron chi connectivity index (χ0n) is 16.3. The van der Waals surface area contributed by atoms with E-state index in [9.17, 15) is 19.8 Å². The molecule has 0 bridgehead atoms. The first kappa shape index (κ1) is 21.4. The Bertz CT molecular complexity index is 794. The number of hydrogen-bond donors (Lipinski definition) is 1. The van der Waals surface area contributed by atoms with Crippen molar-refractivity contribution >= 4 is 11.8 Å². The molecule has 1 N–H and O–H groups in total. The number of rotatable bonds is 3. The van der Waals surface area contributed by atoms with Gasteiger partial charge in [-0.05, 0) is 61.2 Å². The summed E-state index contributed by atoms with van der Waals surface area (Å²) in [6, 6.07) is 0. The van der Waals surface area contributed by atoms with Gasteiger partial charge in [0.15, 0.2) is 5.78 Å². The molecular formula is C22H25KO4. The molecule has 1 saturated carbocycles. The zero-order chi connectivity index (χ0) is 18.7. The van der Waals surface area contributed by atoms with Crippen molar-refractivity contribution in [2.75, 3.05) is 0 Å². The number of fused-ring (bicyclic) bond motifs is 5. The quantitative estimate of drug-likeness (QED) is 0.499. The van der Waals surface area contributed by atoms with Crippen LogP contribution in [0.15, 0.2) is 48.1 Å². The molecule has 5 heteroatoms. The fraction of sp³-hybridized carbons (Fsp3) is 0.545. The van der Waals surface area contributed by atoms with Gasteiger partial charge in [0.2, 0.25) is 0 Å². The molecular weight excluding hydrogens is 367 g/mol. The predicted molar refractivity (Wildman–Crippen MR) is 95.6 cm³/mol. The monoisotopic (exact) mass is 392 g/mol. The van der Waals surface area contributed by atoms with E-state index < -0.39 is 17.0 Å². The molecule has 0 aliphatic heterocycles. The summed E-state index contributed by atoms with van der Waals surface area (Å²) in [5, 5.41) is 22.2. The molecule has 4 nitrogen and oxygen atoms in total. The van der Waals surface area contributed by atoms with Gasteiger partial charge in [-0.15, -0.1) is 0 Å². The van der Waals surface area contributed by atoms with Crippen molar-refractivity contribution in [2.45, 2.75) is 45.1 Å².